The Kier molecular flexibility index (Phi) is 5.58. The molecule has 0 unspecified atom stereocenters. The Labute approximate surface area is 163 Å². The maximum Gasteiger partial charge on any atom is 0.263 e. The summed E-state index contributed by atoms with van der Waals surface area (Å²) in [7, 11) is 0. The minimum atomic E-state index is -1.10. The molecular formula is C19H12Cl2F2N2O2. The van der Waals surface area contributed by atoms with Crippen LogP contribution in [0, 0.1) is 11.6 Å². The Morgan fingerprint density at radius 3 is 2.52 bits per heavy atom. The number of nitrogens with one attached hydrogen (secondary N) is 1. The molecule has 1 heterocycles. The van der Waals surface area contributed by atoms with E-state index in [1.807, 2.05) is 0 Å². The molecular weight excluding hydrogens is 397 g/mol. The van der Waals surface area contributed by atoms with Crippen molar-refractivity contribution in [1.29, 1.82) is 0 Å². The van der Waals surface area contributed by atoms with Crippen molar-refractivity contribution in [2.24, 2.45) is 0 Å². The standard InChI is InChI=1S/C19H12Cl2F2N2O2/c20-12-4-3-11(15(21)8-12)10-25-7-1-2-14(19(25)27)18(26)24-13-5-6-16(22)17(23)9-13/h1-9H,10H2,(H,24,26). The van der Waals surface area contributed by atoms with Crippen LogP contribution in [0.3, 0.4) is 0 Å². The van der Waals surface area contributed by atoms with Crippen LogP contribution >= 0.6 is 23.2 Å². The summed E-state index contributed by atoms with van der Waals surface area (Å²) in [5.41, 5.74) is -0.00769. The Bertz CT molecular complexity index is 1080. The molecule has 1 amide bonds. The average molecular weight is 409 g/mol. The van der Waals surface area contributed by atoms with Crippen LogP contribution in [-0.4, -0.2) is 10.5 Å². The summed E-state index contributed by atoms with van der Waals surface area (Å²) in [6.45, 7) is 0.140. The van der Waals surface area contributed by atoms with Gasteiger partial charge in [0.05, 0.1) is 6.54 Å². The molecule has 0 aliphatic rings. The maximum absolute atomic E-state index is 13.3. The summed E-state index contributed by atoms with van der Waals surface area (Å²) in [4.78, 5) is 25.0. The third-order valence-electron chi connectivity index (χ3n) is 3.80. The van der Waals surface area contributed by atoms with E-state index in [2.05, 4.69) is 5.32 Å². The van der Waals surface area contributed by atoms with Gasteiger partial charge in [-0.2, -0.15) is 0 Å². The maximum atomic E-state index is 13.3. The summed E-state index contributed by atoms with van der Waals surface area (Å²) in [5, 5.41) is 3.24. The summed E-state index contributed by atoms with van der Waals surface area (Å²) < 4.78 is 27.6. The van der Waals surface area contributed by atoms with Gasteiger partial charge in [0.1, 0.15) is 5.56 Å². The number of carbonyl (C=O) groups is 1. The van der Waals surface area contributed by atoms with E-state index < -0.39 is 23.1 Å². The van der Waals surface area contributed by atoms with Crippen LogP contribution in [0.5, 0.6) is 0 Å². The Balaban J connectivity index is 1.86. The zero-order chi connectivity index (χ0) is 19.6. The molecule has 0 aliphatic heterocycles. The van der Waals surface area contributed by atoms with E-state index in [4.69, 9.17) is 23.2 Å². The van der Waals surface area contributed by atoms with Crippen molar-refractivity contribution in [1.82, 2.24) is 4.57 Å². The van der Waals surface area contributed by atoms with E-state index in [1.165, 1.54) is 29.0 Å². The Morgan fingerprint density at radius 1 is 1.04 bits per heavy atom. The predicted molar refractivity (Wildman–Crippen MR) is 101 cm³/mol. The quantitative estimate of drug-likeness (QED) is 0.677. The fraction of sp³-hybridized carbons (Fsp3) is 0.0526. The first-order valence-electron chi connectivity index (χ1n) is 7.75. The number of rotatable bonds is 4. The highest BCUT2D eigenvalue weighted by atomic mass is 35.5. The van der Waals surface area contributed by atoms with Gasteiger partial charge in [0, 0.05) is 28.0 Å². The van der Waals surface area contributed by atoms with Crippen molar-refractivity contribution >= 4 is 34.8 Å². The van der Waals surface area contributed by atoms with Crippen LogP contribution in [0.2, 0.25) is 10.0 Å². The lowest BCUT2D eigenvalue weighted by atomic mass is 10.2. The fourth-order valence-corrected chi connectivity index (χ4v) is 2.91. The van der Waals surface area contributed by atoms with Gasteiger partial charge in [-0.05, 0) is 42.0 Å². The van der Waals surface area contributed by atoms with Crippen LogP contribution in [0.15, 0.2) is 59.5 Å². The number of nitrogens with zero attached hydrogens (tertiary/aromatic N) is 1. The van der Waals surface area contributed by atoms with Crippen LogP contribution in [0.1, 0.15) is 15.9 Å². The number of halogens is 4. The lowest BCUT2D eigenvalue weighted by molar-refractivity contribution is 0.102. The van der Waals surface area contributed by atoms with E-state index >= 15 is 0 Å². The molecule has 3 aromatic rings. The number of benzene rings is 2. The predicted octanol–water partition coefficient (Wildman–Crippen LogP) is 4.73. The molecule has 0 aliphatic carbocycles. The molecule has 8 heteroatoms. The molecule has 0 saturated heterocycles. The van der Waals surface area contributed by atoms with E-state index in [-0.39, 0.29) is 17.8 Å². The van der Waals surface area contributed by atoms with Gasteiger partial charge >= 0.3 is 0 Å². The number of carbonyl (C=O) groups excluding carboxylic acids is 1. The number of amides is 1. The van der Waals surface area contributed by atoms with Crippen molar-refractivity contribution in [3.63, 3.8) is 0 Å². The third kappa shape index (κ3) is 4.35. The number of hydrogen-bond donors (Lipinski definition) is 1. The first kappa shape index (κ1) is 19.1. The monoisotopic (exact) mass is 408 g/mol. The number of anilines is 1. The molecule has 0 radical (unpaired) electrons. The molecule has 0 atom stereocenters. The van der Waals surface area contributed by atoms with Crippen molar-refractivity contribution < 1.29 is 13.6 Å². The summed E-state index contributed by atoms with van der Waals surface area (Å²) in [6.07, 6.45) is 1.52. The van der Waals surface area contributed by atoms with E-state index in [0.717, 1.165) is 12.1 Å². The van der Waals surface area contributed by atoms with Crippen molar-refractivity contribution in [2.75, 3.05) is 5.32 Å². The lowest BCUT2D eigenvalue weighted by Gasteiger charge is -2.10. The van der Waals surface area contributed by atoms with Crippen LogP contribution in [-0.2, 0) is 6.54 Å². The number of aromatic nitrogens is 1. The normalized spacial score (nSPS) is 10.7. The zero-order valence-electron chi connectivity index (χ0n) is 13.7. The third-order valence-corrected chi connectivity index (χ3v) is 4.39. The average Bonchev–Trinajstić information content (AvgIpc) is 2.62. The first-order valence-corrected chi connectivity index (χ1v) is 8.50. The number of pyridine rings is 1. The summed E-state index contributed by atoms with van der Waals surface area (Å²) >= 11 is 12.0. The second kappa shape index (κ2) is 7.90. The van der Waals surface area contributed by atoms with Gasteiger partial charge in [0.2, 0.25) is 0 Å². The van der Waals surface area contributed by atoms with Gasteiger partial charge in [0.25, 0.3) is 11.5 Å². The SMILES string of the molecule is O=C(Nc1ccc(F)c(F)c1)c1cccn(Cc2ccc(Cl)cc2Cl)c1=O. The van der Waals surface area contributed by atoms with Gasteiger partial charge in [-0.1, -0.05) is 29.3 Å². The highest BCUT2D eigenvalue weighted by molar-refractivity contribution is 6.35. The molecule has 138 valence electrons. The molecule has 3 rings (SSSR count). The Morgan fingerprint density at radius 2 is 1.81 bits per heavy atom. The van der Waals surface area contributed by atoms with Gasteiger partial charge in [-0.25, -0.2) is 8.78 Å². The van der Waals surface area contributed by atoms with Crippen molar-refractivity contribution in [2.45, 2.75) is 6.54 Å². The second-order valence-corrected chi connectivity index (χ2v) is 6.52. The molecule has 0 saturated carbocycles. The van der Waals surface area contributed by atoms with E-state index in [9.17, 15) is 18.4 Å². The van der Waals surface area contributed by atoms with Crippen molar-refractivity contribution in [3.8, 4) is 0 Å². The van der Waals surface area contributed by atoms with Crippen LogP contribution in [0.4, 0.5) is 14.5 Å². The highest BCUT2D eigenvalue weighted by Crippen LogP contribution is 2.21. The van der Waals surface area contributed by atoms with E-state index in [0.29, 0.717) is 15.6 Å². The van der Waals surface area contributed by atoms with Gasteiger partial charge < -0.3 is 9.88 Å². The molecule has 1 aromatic heterocycles. The van der Waals surface area contributed by atoms with Crippen LogP contribution < -0.4 is 10.9 Å². The second-order valence-electron chi connectivity index (χ2n) is 5.67. The van der Waals surface area contributed by atoms with Crippen molar-refractivity contribution in [3.05, 3.63) is 97.9 Å². The molecule has 0 bridgehead atoms. The van der Waals surface area contributed by atoms with E-state index in [1.54, 1.807) is 18.2 Å². The topological polar surface area (TPSA) is 51.1 Å². The molecule has 27 heavy (non-hydrogen) atoms. The minimum Gasteiger partial charge on any atom is -0.322 e. The smallest absolute Gasteiger partial charge is 0.263 e. The lowest BCUT2D eigenvalue weighted by Crippen LogP contribution is -2.29. The molecule has 1 N–H and O–H groups in total. The zero-order valence-corrected chi connectivity index (χ0v) is 15.2. The molecule has 0 spiro atoms. The summed E-state index contributed by atoms with van der Waals surface area (Å²) in [5.74, 6) is -2.87. The molecule has 0 fully saturated rings. The van der Waals surface area contributed by atoms with Gasteiger partial charge in [-0.3, -0.25) is 9.59 Å². The first-order chi connectivity index (χ1) is 12.8. The minimum absolute atomic E-state index is 0.0365. The Hall–Kier alpha value is -2.70. The van der Waals surface area contributed by atoms with Gasteiger partial charge in [0.15, 0.2) is 11.6 Å². The fourth-order valence-electron chi connectivity index (χ4n) is 2.44. The van der Waals surface area contributed by atoms with Gasteiger partial charge in [-0.15, -0.1) is 0 Å². The van der Waals surface area contributed by atoms with Crippen LogP contribution in [0.25, 0.3) is 0 Å². The summed E-state index contributed by atoms with van der Waals surface area (Å²) in [6, 6.07) is 10.7. The molecule has 4 nitrogen and oxygen atoms in total. The largest absolute Gasteiger partial charge is 0.322 e. The highest BCUT2D eigenvalue weighted by Gasteiger charge is 2.14. The molecule has 2 aromatic carbocycles. The number of hydrogen-bond acceptors (Lipinski definition) is 2.